The van der Waals surface area contributed by atoms with Crippen LogP contribution in [0.3, 0.4) is 0 Å². The summed E-state index contributed by atoms with van der Waals surface area (Å²) in [6.07, 6.45) is 4.92. The molecule has 3 heterocycles. The number of aromatic nitrogens is 3. The van der Waals surface area contributed by atoms with Crippen molar-refractivity contribution in [1.82, 2.24) is 14.7 Å². The number of rotatable bonds is 6. The molecule has 0 unspecified atom stereocenters. The van der Waals surface area contributed by atoms with Crippen molar-refractivity contribution in [3.05, 3.63) is 70.6 Å². The van der Waals surface area contributed by atoms with Gasteiger partial charge in [-0.15, -0.1) is 0 Å². The molecule has 7 nitrogen and oxygen atoms in total. The Morgan fingerprint density at radius 1 is 1.12 bits per heavy atom. The van der Waals surface area contributed by atoms with Crippen molar-refractivity contribution in [3.8, 4) is 11.6 Å². The third kappa shape index (κ3) is 3.58. The van der Waals surface area contributed by atoms with Gasteiger partial charge >= 0.3 is 5.91 Å². The number of hydrogen-bond donors (Lipinski definition) is 0. The highest BCUT2D eigenvalue weighted by Gasteiger charge is 2.46. The predicted molar refractivity (Wildman–Crippen MR) is 119 cm³/mol. The molecule has 0 spiro atoms. The van der Waals surface area contributed by atoms with Crippen molar-refractivity contribution in [2.45, 2.75) is 33.6 Å². The average molecular weight is 451 g/mol. The number of amides is 2. The Morgan fingerprint density at radius 3 is 2.59 bits per heavy atom. The van der Waals surface area contributed by atoms with Gasteiger partial charge in [-0.1, -0.05) is 31.5 Å². The molecule has 4 rings (SSSR count). The minimum absolute atomic E-state index is 0.0810. The monoisotopic (exact) mass is 450 g/mol. The summed E-state index contributed by atoms with van der Waals surface area (Å²) in [7, 11) is 0. The van der Waals surface area contributed by atoms with E-state index in [0.29, 0.717) is 22.8 Å². The summed E-state index contributed by atoms with van der Waals surface area (Å²) in [4.78, 5) is 27.9. The molecule has 164 valence electrons. The standard InChI is InChI=1S/C24H23ClN4O3/c1-4-11-28-22(30)20(21(24(28)32)27-12-7-8-16(5-2)14-27)19-15(3)26-29(23(19)31)18-10-6-9-17(25)13-18/h6-10,12-14H,4-5,11H2,1-3H3. The number of benzene rings is 1. The van der Waals surface area contributed by atoms with Crippen molar-refractivity contribution in [1.29, 1.82) is 0 Å². The number of halogens is 1. The zero-order valence-electron chi connectivity index (χ0n) is 18.1. The van der Waals surface area contributed by atoms with Crippen molar-refractivity contribution in [2.24, 2.45) is 0 Å². The van der Waals surface area contributed by atoms with E-state index in [1.165, 1.54) is 9.58 Å². The molecular formula is C24H23ClN4O3. The smallest absolute Gasteiger partial charge is 0.326 e. The second kappa shape index (κ2) is 8.59. The third-order valence-electron chi connectivity index (χ3n) is 5.44. The zero-order chi connectivity index (χ0) is 23.0. The van der Waals surface area contributed by atoms with Gasteiger partial charge in [0.05, 0.1) is 11.4 Å². The number of pyridine rings is 1. The summed E-state index contributed by atoms with van der Waals surface area (Å²) in [5.74, 6) is -1.37. The van der Waals surface area contributed by atoms with E-state index in [0.717, 1.165) is 12.0 Å². The molecule has 2 aromatic heterocycles. The van der Waals surface area contributed by atoms with E-state index in [1.807, 2.05) is 32.2 Å². The van der Waals surface area contributed by atoms with Crippen LogP contribution < -0.4 is 9.67 Å². The molecule has 0 N–H and O–H groups in total. The molecule has 1 aromatic carbocycles. The first-order chi connectivity index (χ1) is 15.4. The van der Waals surface area contributed by atoms with Crippen LogP contribution in [0.15, 0.2) is 48.8 Å². The first-order valence-corrected chi connectivity index (χ1v) is 10.9. The molecule has 0 saturated carbocycles. The van der Waals surface area contributed by atoms with E-state index >= 15 is 0 Å². The summed E-state index contributed by atoms with van der Waals surface area (Å²) >= 11 is 6.09. The van der Waals surface area contributed by atoms with E-state index in [4.69, 9.17) is 11.6 Å². The second-order valence-corrected chi connectivity index (χ2v) is 8.05. The lowest BCUT2D eigenvalue weighted by Gasteiger charge is -2.14. The highest BCUT2D eigenvalue weighted by Crippen LogP contribution is 2.36. The molecule has 3 aromatic rings. The third-order valence-corrected chi connectivity index (χ3v) is 5.67. The molecule has 0 saturated heterocycles. The lowest BCUT2D eigenvalue weighted by Crippen LogP contribution is -2.40. The highest BCUT2D eigenvalue weighted by molar-refractivity contribution is 6.44. The molecule has 0 radical (unpaired) electrons. The van der Waals surface area contributed by atoms with Gasteiger partial charge in [-0.3, -0.25) is 14.5 Å². The first-order valence-electron chi connectivity index (χ1n) is 10.5. The first kappa shape index (κ1) is 21.8. The van der Waals surface area contributed by atoms with Gasteiger partial charge < -0.3 is 5.11 Å². The molecule has 0 atom stereocenters. The van der Waals surface area contributed by atoms with Crippen LogP contribution in [0.1, 0.15) is 37.1 Å². The molecule has 1 aliphatic heterocycles. The second-order valence-electron chi connectivity index (χ2n) is 7.62. The highest BCUT2D eigenvalue weighted by atomic mass is 35.5. The molecule has 0 fully saturated rings. The van der Waals surface area contributed by atoms with Crippen LogP contribution >= 0.6 is 11.6 Å². The zero-order valence-corrected chi connectivity index (χ0v) is 18.9. The fraction of sp³-hybridized carbons (Fsp3) is 0.250. The average Bonchev–Trinajstić information content (AvgIpc) is 3.20. The number of hydrogen-bond acceptors (Lipinski definition) is 4. The number of carbonyl (C=O) groups excluding carboxylic acids is 2. The van der Waals surface area contributed by atoms with Gasteiger partial charge in [0.1, 0.15) is 5.57 Å². The summed E-state index contributed by atoms with van der Waals surface area (Å²) in [5.41, 5.74) is 2.24. The maximum Gasteiger partial charge on any atom is 0.326 e. The van der Waals surface area contributed by atoms with Crippen molar-refractivity contribution < 1.29 is 19.3 Å². The summed E-state index contributed by atoms with van der Waals surface area (Å²) in [6.45, 7) is 5.84. The Hall–Kier alpha value is -3.45. The number of carbonyl (C=O) groups is 2. The topological polar surface area (TPSA) is 82.1 Å². The van der Waals surface area contributed by atoms with E-state index < -0.39 is 17.7 Å². The van der Waals surface area contributed by atoms with Gasteiger partial charge in [0.15, 0.2) is 12.4 Å². The minimum atomic E-state index is -0.480. The Bertz CT molecular complexity index is 1260. The Labute approximate surface area is 191 Å². The molecular weight excluding hydrogens is 428 g/mol. The minimum Gasteiger partial charge on any atom is -0.858 e. The SMILES string of the molecule is CCCN1C(=O)C(c2c(C)nn(-c3cccc(Cl)c3)c2[O-])=C([n+]2cccc(CC)c2)C1=O. The summed E-state index contributed by atoms with van der Waals surface area (Å²) < 4.78 is 2.86. The van der Waals surface area contributed by atoms with Gasteiger partial charge in [0.2, 0.25) is 0 Å². The van der Waals surface area contributed by atoms with Crippen molar-refractivity contribution >= 4 is 34.7 Å². The Balaban J connectivity index is 1.97. The maximum atomic E-state index is 13.4. The molecule has 0 bridgehead atoms. The molecule has 0 aliphatic carbocycles. The van der Waals surface area contributed by atoms with Crippen LogP contribution in [0.5, 0.6) is 5.88 Å². The fourth-order valence-corrected chi connectivity index (χ4v) is 4.09. The van der Waals surface area contributed by atoms with Crippen LogP contribution in [0.2, 0.25) is 5.02 Å². The number of aryl methyl sites for hydroxylation is 2. The molecule has 32 heavy (non-hydrogen) atoms. The normalized spacial score (nSPS) is 14.1. The fourth-order valence-electron chi connectivity index (χ4n) is 3.90. The van der Waals surface area contributed by atoms with Gasteiger partial charge in [0, 0.05) is 28.8 Å². The largest absolute Gasteiger partial charge is 0.858 e. The maximum absolute atomic E-state index is 13.4. The van der Waals surface area contributed by atoms with E-state index in [1.54, 1.807) is 42.0 Å². The van der Waals surface area contributed by atoms with E-state index in [-0.39, 0.29) is 23.4 Å². The lowest BCUT2D eigenvalue weighted by atomic mass is 10.0. The van der Waals surface area contributed by atoms with Gasteiger partial charge in [0.25, 0.3) is 11.6 Å². The van der Waals surface area contributed by atoms with Crippen LogP contribution in [0, 0.1) is 6.92 Å². The van der Waals surface area contributed by atoms with Crippen LogP contribution in [0.25, 0.3) is 17.0 Å². The van der Waals surface area contributed by atoms with Gasteiger partial charge in [-0.2, -0.15) is 9.67 Å². The number of imide groups is 1. The molecule has 1 aliphatic rings. The number of nitrogens with zero attached hydrogens (tertiary/aromatic N) is 4. The molecule has 2 amide bonds. The molecule has 8 heteroatoms. The quantitative estimate of drug-likeness (QED) is 0.427. The lowest BCUT2D eigenvalue weighted by molar-refractivity contribution is -0.577. The van der Waals surface area contributed by atoms with Gasteiger partial charge in [-0.25, -0.2) is 4.68 Å². The predicted octanol–water partition coefficient (Wildman–Crippen LogP) is 2.90. The van der Waals surface area contributed by atoms with Crippen molar-refractivity contribution in [3.63, 3.8) is 0 Å². The Morgan fingerprint density at radius 2 is 1.91 bits per heavy atom. The summed E-state index contributed by atoms with van der Waals surface area (Å²) in [6, 6.07) is 10.5. The van der Waals surface area contributed by atoms with Crippen molar-refractivity contribution in [2.75, 3.05) is 6.54 Å². The van der Waals surface area contributed by atoms with Crippen LogP contribution in [-0.4, -0.2) is 33.0 Å². The Kier molecular flexibility index (Phi) is 5.84. The van der Waals surface area contributed by atoms with E-state index in [2.05, 4.69) is 5.10 Å². The van der Waals surface area contributed by atoms with E-state index in [9.17, 15) is 14.7 Å². The van der Waals surface area contributed by atoms with Crippen LogP contribution in [0.4, 0.5) is 0 Å². The van der Waals surface area contributed by atoms with Crippen LogP contribution in [-0.2, 0) is 16.0 Å². The van der Waals surface area contributed by atoms with Gasteiger partial charge in [-0.05, 0) is 49.9 Å². The summed E-state index contributed by atoms with van der Waals surface area (Å²) in [5, 5.41) is 18.3.